The summed E-state index contributed by atoms with van der Waals surface area (Å²) in [4.78, 5) is 11.0. The third-order valence-corrected chi connectivity index (χ3v) is 3.23. The van der Waals surface area contributed by atoms with Crippen molar-refractivity contribution < 1.29 is 18.3 Å². The number of aromatic hydroxyl groups is 1. The molecule has 0 saturated heterocycles. The highest BCUT2D eigenvalue weighted by molar-refractivity contribution is 8.13. The van der Waals surface area contributed by atoms with E-state index in [1.54, 1.807) is 0 Å². The fourth-order valence-corrected chi connectivity index (χ4v) is 2.09. The molecule has 0 amide bonds. The van der Waals surface area contributed by atoms with Gasteiger partial charge in [0.2, 0.25) is 0 Å². The van der Waals surface area contributed by atoms with Crippen LogP contribution in [0.1, 0.15) is 16.8 Å². The largest absolute Gasteiger partial charge is 0.507 e. The van der Waals surface area contributed by atoms with E-state index in [1.807, 2.05) is 0 Å². The lowest BCUT2D eigenvalue weighted by Crippen LogP contribution is -2.00. The van der Waals surface area contributed by atoms with E-state index in [-0.39, 0.29) is 17.8 Å². The van der Waals surface area contributed by atoms with Gasteiger partial charge in [-0.05, 0) is 18.2 Å². The second kappa shape index (κ2) is 4.67. The molecule has 16 heavy (non-hydrogen) atoms. The quantitative estimate of drug-likeness (QED) is 0.511. The summed E-state index contributed by atoms with van der Waals surface area (Å²) < 4.78 is 22.1. The fourth-order valence-electron chi connectivity index (χ4n) is 1.13. The molecule has 86 valence electrons. The molecule has 1 aromatic carbocycles. The van der Waals surface area contributed by atoms with Gasteiger partial charge < -0.3 is 5.11 Å². The van der Waals surface area contributed by atoms with E-state index in [0.717, 1.165) is 12.1 Å². The van der Waals surface area contributed by atoms with Crippen LogP contribution in [0.5, 0.6) is 5.75 Å². The Kier molecular flexibility index (Phi) is 3.72. The van der Waals surface area contributed by atoms with Crippen LogP contribution in [0.3, 0.4) is 0 Å². The number of hydrogen-bond acceptors (Lipinski definition) is 4. The zero-order valence-electron chi connectivity index (χ0n) is 8.18. The molecule has 0 aliphatic carbocycles. The topological polar surface area (TPSA) is 71.4 Å². The van der Waals surface area contributed by atoms with E-state index >= 15 is 0 Å². The summed E-state index contributed by atoms with van der Waals surface area (Å²) in [5.74, 6) is -0.776. The number of phenolic OH excluding ortho intramolecular Hbond substituents is 1. The van der Waals surface area contributed by atoms with Crippen LogP contribution >= 0.6 is 10.7 Å². The molecule has 0 bridgehead atoms. The minimum atomic E-state index is -4.06. The van der Waals surface area contributed by atoms with E-state index in [0.29, 0.717) is 0 Å². The van der Waals surface area contributed by atoms with Crippen molar-refractivity contribution in [1.29, 1.82) is 0 Å². The number of rotatable bonds is 4. The summed E-state index contributed by atoms with van der Waals surface area (Å²) in [7, 11) is 1.04. The number of hydrogen-bond donors (Lipinski definition) is 1. The molecule has 1 rings (SSSR count). The highest BCUT2D eigenvalue weighted by atomic mass is 35.7. The van der Waals surface area contributed by atoms with E-state index in [4.69, 9.17) is 10.7 Å². The lowest BCUT2D eigenvalue weighted by molar-refractivity contribution is 0.0995. The monoisotopic (exact) mass is 260 g/mol. The van der Waals surface area contributed by atoms with Crippen LogP contribution in [0, 0.1) is 0 Å². The van der Waals surface area contributed by atoms with Crippen LogP contribution in [0.4, 0.5) is 0 Å². The van der Waals surface area contributed by atoms with Gasteiger partial charge in [-0.25, -0.2) is 8.42 Å². The molecule has 0 saturated carbocycles. The SMILES string of the molecule is C=CCC(=O)c1ccc(O)c(S(=O)(=O)Cl)c1. The minimum Gasteiger partial charge on any atom is -0.507 e. The highest BCUT2D eigenvalue weighted by Crippen LogP contribution is 2.27. The Bertz CT molecular complexity index is 534. The fraction of sp³-hybridized carbons (Fsp3) is 0.100. The molecule has 0 unspecified atom stereocenters. The van der Waals surface area contributed by atoms with E-state index in [9.17, 15) is 18.3 Å². The molecule has 0 aliphatic heterocycles. The van der Waals surface area contributed by atoms with E-state index in [1.165, 1.54) is 12.1 Å². The molecule has 0 aromatic heterocycles. The highest BCUT2D eigenvalue weighted by Gasteiger charge is 2.17. The van der Waals surface area contributed by atoms with Crippen LogP contribution in [0.15, 0.2) is 35.7 Å². The maximum atomic E-state index is 11.4. The molecular weight excluding hydrogens is 252 g/mol. The number of phenols is 1. The maximum absolute atomic E-state index is 11.4. The zero-order chi connectivity index (χ0) is 12.3. The van der Waals surface area contributed by atoms with Gasteiger partial charge >= 0.3 is 0 Å². The van der Waals surface area contributed by atoms with Crippen LogP contribution in [-0.2, 0) is 9.05 Å². The second-order valence-electron chi connectivity index (χ2n) is 3.04. The molecule has 0 heterocycles. The Morgan fingerprint density at radius 3 is 2.62 bits per heavy atom. The first-order valence-corrected chi connectivity index (χ1v) is 6.59. The lowest BCUT2D eigenvalue weighted by Gasteiger charge is -2.03. The number of Topliss-reactive ketones (excluding diaryl/α,β-unsaturated/α-hetero) is 1. The predicted molar refractivity (Wildman–Crippen MR) is 60.3 cm³/mol. The average molecular weight is 261 g/mol. The molecule has 0 aliphatic rings. The van der Waals surface area contributed by atoms with Gasteiger partial charge in [0, 0.05) is 22.7 Å². The van der Waals surface area contributed by atoms with Gasteiger partial charge in [0.05, 0.1) is 0 Å². The first kappa shape index (κ1) is 12.7. The zero-order valence-corrected chi connectivity index (χ0v) is 9.75. The second-order valence-corrected chi connectivity index (χ2v) is 5.57. The molecule has 1 N–H and O–H groups in total. The van der Waals surface area contributed by atoms with Gasteiger partial charge in [-0.1, -0.05) is 6.08 Å². The number of halogens is 1. The standard InChI is InChI=1S/C10H9ClO4S/c1-2-3-8(12)7-4-5-9(13)10(6-7)16(11,14)15/h2,4-6,13H,1,3H2. The molecule has 4 nitrogen and oxygen atoms in total. The normalized spacial score (nSPS) is 11.1. The first-order chi connectivity index (χ1) is 7.36. The summed E-state index contributed by atoms with van der Waals surface area (Å²) in [5.41, 5.74) is 0.164. The maximum Gasteiger partial charge on any atom is 0.264 e. The molecule has 6 heteroatoms. The summed E-state index contributed by atoms with van der Waals surface area (Å²) >= 11 is 0. The smallest absolute Gasteiger partial charge is 0.264 e. The number of benzene rings is 1. The molecular formula is C10H9ClO4S. The Morgan fingerprint density at radius 1 is 1.50 bits per heavy atom. The van der Waals surface area contributed by atoms with Gasteiger partial charge in [0.1, 0.15) is 10.6 Å². The van der Waals surface area contributed by atoms with Crippen LogP contribution in [0.2, 0.25) is 0 Å². The summed E-state index contributed by atoms with van der Waals surface area (Å²) in [6.45, 7) is 3.40. The third-order valence-electron chi connectivity index (χ3n) is 1.87. The third kappa shape index (κ3) is 2.84. The summed E-state index contributed by atoms with van der Waals surface area (Å²) in [5, 5.41) is 9.29. The van der Waals surface area contributed by atoms with Crippen LogP contribution in [-0.4, -0.2) is 19.3 Å². The van der Waals surface area contributed by atoms with Gasteiger partial charge in [-0.2, -0.15) is 0 Å². The number of carbonyl (C=O) groups is 1. The van der Waals surface area contributed by atoms with Crippen LogP contribution < -0.4 is 0 Å². The minimum absolute atomic E-state index is 0.0898. The van der Waals surface area contributed by atoms with Crippen molar-refractivity contribution in [2.75, 3.05) is 0 Å². The van der Waals surface area contributed by atoms with Gasteiger partial charge in [-0.3, -0.25) is 4.79 Å². The van der Waals surface area contributed by atoms with Crippen molar-refractivity contribution in [3.8, 4) is 5.75 Å². The number of ketones is 1. The van der Waals surface area contributed by atoms with Gasteiger partial charge in [0.15, 0.2) is 5.78 Å². The van der Waals surface area contributed by atoms with Crippen LogP contribution in [0.25, 0.3) is 0 Å². The summed E-state index contributed by atoms with van der Waals surface area (Å²) in [6, 6.07) is 3.49. The van der Waals surface area contributed by atoms with Crippen molar-refractivity contribution >= 4 is 25.5 Å². The molecule has 0 atom stereocenters. The van der Waals surface area contributed by atoms with Crippen molar-refractivity contribution in [3.63, 3.8) is 0 Å². The summed E-state index contributed by atoms with van der Waals surface area (Å²) in [6.07, 6.45) is 1.50. The van der Waals surface area contributed by atoms with Gasteiger partial charge in [-0.15, -0.1) is 6.58 Å². The lowest BCUT2D eigenvalue weighted by atomic mass is 10.1. The van der Waals surface area contributed by atoms with E-state index in [2.05, 4.69) is 6.58 Å². The molecule has 0 spiro atoms. The van der Waals surface area contributed by atoms with Crippen molar-refractivity contribution in [1.82, 2.24) is 0 Å². The van der Waals surface area contributed by atoms with E-state index < -0.39 is 19.7 Å². The number of carbonyl (C=O) groups excluding carboxylic acids is 1. The Labute approximate surface area is 97.6 Å². The van der Waals surface area contributed by atoms with Gasteiger partial charge in [0.25, 0.3) is 9.05 Å². The molecule has 1 aromatic rings. The first-order valence-electron chi connectivity index (χ1n) is 4.28. The van der Waals surface area contributed by atoms with Crippen molar-refractivity contribution in [2.45, 2.75) is 11.3 Å². The Morgan fingerprint density at radius 2 is 2.12 bits per heavy atom. The van der Waals surface area contributed by atoms with Crippen molar-refractivity contribution in [2.24, 2.45) is 0 Å². The Hall–Kier alpha value is -1.33. The molecule has 0 fully saturated rings. The number of allylic oxidation sites excluding steroid dienone is 1. The average Bonchev–Trinajstić information content (AvgIpc) is 2.16. The molecule has 0 radical (unpaired) electrons. The Balaban J connectivity index is 3.28. The van der Waals surface area contributed by atoms with Crippen molar-refractivity contribution in [3.05, 3.63) is 36.4 Å². The predicted octanol–water partition coefficient (Wildman–Crippen LogP) is 2.08.